The van der Waals surface area contributed by atoms with Gasteiger partial charge in [-0.2, -0.15) is 0 Å². The molecule has 0 fully saturated rings. The molecule has 0 aliphatic carbocycles. The van der Waals surface area contributed by atoms with Crippen LogP contribution in [0.25, 0.3) is 0 Å². The van der Waals surface area contributed by atoms with Crippen molar-refractivity contribution in [3.63, 3.8) is 0 Å². The minimum absolute atomic E-state index is 0.567. The van der Waals surface area contributed by atoms with Crippen LogP contribution in [0.15, 0.2) is 62.9 Å². The van der Waals surface area contributed by atoms with Gasteiger partial charge in [-0.1, -0.05) is 43.7 Å². The van der Waals surface area contributed by atoms with E-state index in [4.69, 9.17) is 4.99 Å². The first kappa shape index (κ1) is 21.4. The van der Waals surface area contributed by atoms with Crippen LogP contribution in [0.1, 0.15) is 69.2 Å². The summed E-state index contributed by atoms with van der Waals surface area (Å²) in [5.74, 6) is 0.567. The van der Waals surface area contributed by atoms with Gasteiger partial charge in [-0.3, -0.25) is 4.99 Å². The maximum absolute atomic E-state index is 4.76. The Morgan fingerprint density at radius 2 is 1.43 bits per heavy atom. The summed E-state index contributed by atoms with van der Waals surface area (Å²) in [6, 6.07) is 0. The van der Waals surface area contributed by atoms with Gasteiger partial charge in [0.05, 0.1) is 0 Å². The molecule has 0 aromatic rings. The van der Waals surface area contributed by atoms with E-state index in [1.165, 1.54) is 27.9 Å². The van der Waals surface area contributed by atoms with Crippen LogP contribution >= 0.6 is 0 Å². The predicted octanol–water partition coefficient (Wildman–Crippen LogP) is 7.20. The van der Waals surface area contributed by atoms with Crippen molar-refractivity contribution in [1.82, 2.24) is 0 Å². The van der Waals surface area contributed by atoms with Crippen LogP contribution in [0.3, 0.4) is 0 Å². The molecule has 0 aliphatic rings. The largest absolute Gasteiger partial charge is 0.258 e. The van der Waals surface area contributed by atoms with E-state index >= 15 is 0 Å². The Morgan fingerprint density at radius 3 is 1.87 bits per heavy atom. The van der Waals surface area contributed by atoms with Crippen LogP contribution in [0.5, 0.6) is 0 Å². The summed E-state index contributed by atoms with van der Waals surface area (Å²) in [6.45, 7) is 25.5. The van der Waals surface area contributed by atoms with Crippen LogP contribution in [-0.2, 0) is 0 Å². The zero-order valence-electron chi connectivity index (χ0n) is 16.9. The molecule has 1 nitrogen and oxygen atoms in total. The number of hydrogen-bond acceptors (Lipinski definition) is 1. The highest BCUT2D eigenvalue weighted by Gasteiger charge is 2.06. The molecule has 0 rings (SSSR count). The molecule has 0 saturated carbocycles. The second kappa shape index (κ2) is 9.50. The maximum atomic E-state index is 4.76. The standard InChI is InChI=1S/C22H35N/c1-12-15(4)19(8)21(10)23-22(11)20(9)18(7)17(6)13-16(5)14(2)3/h12-14H,9H2,1-8,10-11H3/b15-12-,16-13+,18-17+,21-19+,23-22?. The van der Waals surface area contributed by atoms with Gasteiger partial charge in [-0.05, 0) is 83.6 Å². The van der Waals surface area contributed by atoms with Crippen molar-refractivity contribution in [3.05, 3.63) is 57.9 Å². The Morgan fingerprint density at radius 1 is 0.913 bits per heavy atom. The Labute approximate surface area is 144 Å². The van der Waals surface area contributed by atoms with Crippen molar-refractivity contribution in [2.75, 3.05) is 0 Å². The number of rotatable bonds is 6. The molecule has 0 bridgehead atoms. The van der Waals surface area contributed by atoms with Crippen molar-refractivity contribution < 1.29 is 0 Å². The van der Waals surface area contributed by atoms with E-state index in [0.717, 1.165) is 17.0 Å². The minimum Gasteiger partial charge on any atom is -0.258 e. The van der Waals surface area contributed by atoms with E-state index in [1.807, 2.05) is 6.92 Å². The second-order valence-electron chi connectivity index (χ2n) is 6.71. The van der Waals surface area contributed by atoms with E-state index in [9.17, 15) is 0 Å². The summed E-state index contributed by atoms with van der Waals surface area (Å²) in [5, 5.41) is 0. The number of hydrogen-bond donors (Lipinski definition) is 0. The summed E-state index contributed by atoms with van der Waals surface area (Å²) in [6.07, 6.45) is 4.38. The van der Waals surface area contributed by atoms with Gasteiger partial charge in [0.25, 0.3) is 0 Å². The molecule has 0 amide bonds. The Hall–Kier alpha value is -1.63. The van der Waals surface area contributed by atoms with Crippen molar-refractivity contribution in [2.24, 2.45) is 10.9 Å². The lowest BCUT2D eigenvalue weighted by atomic mass is 9.96. The quantitative estimate of drug-likeness (QED) is 0.363. The third kappa shape index (κ3) is 6.56. The van der Waals surface area contributed by atoms with Crippen LogP contribution in [-0.4, -0.2) is 5.71 Å². The molecule has 128 valence electrons. The lowest BCUT2D eigenvalue weighted by Gasteiger charge is -2.12. The lowest BCUT2D eigenvalue weighted by Crippen LogP contribution is -2.01. The number of aliphatic imine (C=N–C) groups is 1. The smallest absolute Gasteiger partial charge is 0.0445 e. The number of nitrogens with zero attached hydrogens (tertiary/aromatic N) is 1. The van der Waals surface area contributed by atoms with E-state index in [0.29, 0.717) is 5.92 Å². The summed E-state index contributed by atoms with van der Waals surface area (Å²) < 4.78 is 0. The van der Waals surface area contributed by atoms with Gasteiger partial charge < -0.3 is 0 Å². The second-order valence-corrected chi connectivity index (χ2v) is 6.71. The molecule has 0 atom stereocenters. The van der Waals surface area contributed by atoms with Crippen LogP contribution in [0, 0.1) is 5.92 Å². The summed E-state index contributed by atoms with van der Waals surface area (Å²) in [7, 11) is 0. The van der Waals surface area contributed by atoms with Crippen molar-refractivity contribution >= 4 is 5.71 Å². The van der Waals surface area contributed by atoms with E-state index < -0.39 is 0 Å². The fourth-order valence-electron chi connectivity index (χ4n) is 2.03. The molecule has 23 heavy (non-hydrogen) atoms. The maximum Gasteiger partial charge on any atom is 0.0445 e. The molecule has 0 heterocycles. The predicted molar refractivity (Wildman–Crippen MR) is 107 cm³/mol. The molecule has 1 heteroatoms. The summed E-state index contributed by atoms with van der Waals surface area (Å²) in [5.41, 5.74) is 9.41. The first-order valence-corrected chi connectivity index (χ1v) is 8.44. The molecule has 0 unspecified atom stereocenters. The molecule has 0 N–H and O–H groups in total. The highest BCUT2D eigenvalue weighted by molar-refractivity contribution is 6.02. The topological polar surface area (TPSA) is 12.4 Å². The fraction of sp³-hybridized carbons (Fsp3) is 0.500. The fourth-order valence-corrected chi connectivity index (χ4v) is 2.03. The van der Waals surface area contributed by atoms with Crippen LogP contribution < -0.4 is 0 Å². The third-order valence-electron chi connectivity index (χ3n) is 4.74. The average molecular weight is 314 g/mol. The average Bonchev–Trinajstić information content (AvgIpc) is 2.51. The van der Waals surface area contributed by atoms with Gasteiger partial charge >= 0.3 is 0 Å². The van der Waals surface area contributed by atoms with Gasteiger partial charge in [-0.25, -0.2) is 0 Å². The van der Waals surface area contributed by atoms with Gasteiger partial charge in [0.1, 0.15) is 0 Å². The van der Waals surface area contributed by atoms with E-state index in [1.54, 1.807) is 0 Å². The molecule has 0 aromatic heterocycles. The third-order valence-corrected chi connectivity index (χ3v) is 4.74. The van der Waals surface area contributed by atoms with Gasteiger partial charge in [-0.15, -0.1) is 0 Å². The zero-order valence-corrected chi connectivity index (χ0v) is 16.9. The highest BCUT2D eigenvalue weighted by Crippen LogP contribution is 2.21. The number of allylic oxidation sites excluding steroid dienone is 9. The molecule has 0 aromatic carbocycles. The van der Waals surface area contributed by atoms with Gasteiger partial charge in [0, 0.05) is 11.4 Å². The zero-order chi connectivity index (χ0) is 18.3. The van der Waals surface area contributed by atoms with Crippen LogP contribution in [0.4, 0.5) is 0 Å². The van der Waals surface area contributed by atoms with Crippen LogP contribution in [0.2, 0.25) is 0 Å². The highest BCUT2D eigenvalue weighted by atomic mass is 14.7. The molecule has 0 spiro atoms. The normalized spacial score (nSPS) is 16.4. The van der Waals surface area contributed by atoms with Crippen molar-refractivity contribution in [3.8, 4) is 0 Å². The summed E-state index contributed by atoms with van der Waals surface area (Å²) in [4.78, 5) is 4.76. The lowest BCUT2D eigenvalue weighted by molar-refractivity contribution is 0.768. The monoisotopic (exact) mass is 313 g/mol. The summed E-state index contributed by atoms with van der Waals surface area (Å²) >= 11 is 0. The van der Waals surface area contributed by atoms with Crippen molar-refractivity contribution in [1.29, 1.82) is 0 Å². The minimum atomic E-state index is 0.567. The van der Waals surface area contributed by atoms with Gasteiger partial charge in [0.2, 0.25) is 0 Å². The molecular formula is C22H35N. The van der Waals surface area contributed by atoms with E-state index in [-0.39, 0.29) is 0 Å². The molecule has 0 aliphatic heterocycles. The first-order valence-electron chi connectivity index (χ1n) is 8.44. The molecule has 0 saturated heterocycles. The SMILES string of the molecule is C=C(C(C)=N/C(C)=C(C)/C(C)=C\C)/C(C)=C(C)/C=C(\C)C(C)C. The molecular weight excluding hydrogens is 278 g/mol. The Bertz CT molecular complexity index is 602. The Kier molecular flexibility index (Phi) is 8.82. The Balaban J connectivity index is 5.62. The first-order chi connectivity index (χ1) is 10.5. The van der Waals surface area contributed by atoms with Crippen molar-refractivity contribution in [2.45, 2.75) is 69.2 Å². The van der Waals surface area contributed by atoms with Gasteiger partial charge in [0.15, 0.2) is 0 Å². The molecule has 0 radical (unpaired) electrons. The van der Waals surface area contributed by atoms with E-state index in [2.05, 4.69) is 81.0 Å².